The van der Waals surface area contributed by atoms with Crippen molar-refractivity contribution in [2.75, 3.05) is 0 Å². The lowest BCUT2D eigenvalue weighted by Gasteiger charge is -2.05. The first-order chi connectivity index (χ1) is 10.5. The number of aromatic nitrogens is 3. The van der Waals surface area contributed by atoms with Gasteiger partial charge in [0.1, 0.15) is 16.2 Å². The van der Waals surface area contributed by atoms with Crippen molar-refractivity contribution in [3.8, 4) is 16.9 Å². The van der Waals surface area contributed by atoms with Crippen LogP contribution in [0.25, 0.3) is 16.9 Å². The fraction of sp³-hybridized carbons (Fsp3) is 0. The van der Waals surface area contributed by atoms with Crippen molar-refractivity contribution in [2.24, 2.45) is 0 Å². The number of rotatable bonds is 2. The molecular formula is C14H6Br2ClF2N3. The maximum absolute atomic E-state index is 14.1. The minimum atomic E-state index is -0.695. The first kappa shape index (κ1) is 15.6. The molecule has 0 fully saturated rings. The molecule has 0 radical (unpaired) electrons. The van der Waals surface area contributed by atoms with Crippen molar-refractivity contribution in [1.82, 2.24) is 14.8 Å². The molecule has 0 atom stereocenters. The van der Waals surface area contributed by atoms with Crippen molar-refractivity contribution >= 4 is 43.5 Å². The molecule has 0 spiro atoms. The SMILES string of the molecule is Fc1cc(F)c(-c2cn(-c3ncccc3Cl)nc2Br)c(Br)c1. The van der Waals surface area contributed by atoms with Crippen molar-refractivity contribution < 1.29 is 8.78 Å². The van der Waals surface area contributed by atoms with Gasteiger partial charge in [0, 0.05) is 34.1 Å². The average Bonchev–Trinajstić information content (AvgIpc) is 2.80. The molecule has 2 aromatic heterocycles. The fourth-order valence-corrected chi connectivity index (χ4v) is 3.28. The molecule has 0 bridgehead atoms. The number of benzene rings is 1. The molecule has 0 saturated heterocycles. The molecule has 22 heavy (non-hydrogen) atoms. The van der Waals surface area contributed by atoms with Crippen LogP contribution in [0.4, 0.5) is 8.78 Å². The van der Waals surface area contributed by atoms with Crippen LogP contribution in [0.2, 0.25) is 5.02 Å². The highest BCUT2D eigenvalue weighted by molar-refractivity contribution is 9.11. The van der Waals surface area contributed by atoms with E-state index in [-0.39, 0.29) is 10.0 Å². The van der Waals surface area contributed by atoms with E-state index in [2.05, 4.69) is 41.9 Å². The summed E-state index contributed by atoms with van der Waals surface area (Å²) in [4.78, 5) is 4.14. The molecule has 3 nitrogen and oxygen atoms in total. The molecule has 2 heterocycles. The first-order valence-electron chi connectivity index (χ1n) is 5.98. The molecule has 8 heteroatoms. The van der Waals surface area contributed by atoms with Crippen LogP contribution in [0, 0.1) is 11.6 Å². The first-order valence-corrected chi connectivity index (χ1v) is 7.94. The summed E-state index contributed by atoms with van der Waals surface area (Å²) in [7, 11) is 0. The van der Waals surface area contributed by atoms with E-state index in [0.717, 1.165) is 6.07 Å². The fourth-order valence-electron chi connectivity index (χ4n) is 1.97. The smallest absolute Gasteiger partial charge is 0.172 e. The van der Waals surface area contributed by atoms with Gasteiger partial charge in [-0.2, -0.15) is 5.10 Å². The quantitative estimate of drug-likeness (QED) is 0.525. The summed E-state index contributed by atoms with van der Waals surface area (Å²) >= 11 is 12.5. The summed E-state index contributed by atoms with van der Waals surface area (Å²) in [5, 5.41) is 4.63. The van der Waals surface area contributed by atoms with Crippen LogP contribution in [0.1, 0.15) is 0 Å². The van der Waals surface area contributed by atoms with Crippen molar-refractivity contribution in [3.63, 3.8) is 0 Å². The van der Waals surface area contributed by atoms with E-state index < -0.39 is 11.6 Å². The highest BCUT2D eigenvalue weighted by atomic mass is 79.9. The van der Waals surface area contributed by atoms with Crippen LogP contribution in [-0.2, 0) is 0 Å². The Morgan fingerprint density at radius 1 is 1.18 bits per heavy atom. The Kier molecular flexibility index (Phi) is 4.29. The molecule has 112 valence electrons. The monoisotopic (exact) mass is 447 g/mol. The molecule has 1 aromatic carbocycles. The molecule has 3 aromatic rings. The summed E-state index contributed by atoms with van der Waals surface area (Å²) in [6.45, 7) is 0. The van der Waals surface area contributed by atoms with Gasteiger partial charge in [0.25, 0.3) is 0 Å². The second-order valence-electron chi connectivity index (χ2n) is 4.33. The van der Waals surface area contributed by atoms with Gasteiger partial charge in [0.2, 0.25) is 0 Å². The van der Waals surface area contributed by atoms with Crippen molar-refractivity contribution in [3.05, 3.63) is 62.4 Å². The Bertz CT molecular complexity index is 844. The van der Waals surface area contributed by atoms with E-state index in [9.17, 15) is 8.78 Å². The second-order valence-corrected chi connectivity index (χ2v) is 6.34. The second kappa shape index (κ2) is 6.06. The zero-order valence-corrected chi connectivity index (χ0v) is 14.6. The highest BCUT2D eigenvalue weighted by Gasteiger charge is 2.19. The van der Waals surface area contributed by atoms with Gasteiger partial charge < -0.3 is 0 Å². The van der Waals surface area contributed by atoms with E-state index in [1.54, 1.807) is 24.5 Å². The Morgan fingerprint density at radius 3 is 2.64 bits per heavy atom. The number of halogens is 5. The van der Waals surface area contributed by atoms with Gasteiger partial charge >= 0.3 is 0 Å². The predicted octanol–water partition coefficient (Wildman–Crippen LogP) is 5.39. The minimum absolute atomic E-state index is 0.201. The third-order valence-corrected chi connectivity index (χ3v) is 4.41. The molecule has 0 unspecified atom stereocenters. The minimum Gasteiger partial charge on any atom is -0.236 e. The van der Waals surface area contributed by atoms with Crippen LogP contribution < -0.4 is 0 Å². The summed E-state index contributed by atoms with van der Waals surface area (Å²) in [6.07, 6.45) is 3.14. The van der Waals surface area contributed by atoms with E-state index in [1.807, 2.05) is 0 Å². The van der Waals surface area contributed by atoms with Crippen LogP contribution in [-0.4, -0.2) is 14.8 Å². The average molecular weight is 449 g/mol. The number of nitrogens with zero attached hydrogens (tertiary/aromatic N) is 3. The highest BCUT2D eigenvalue weighted by Crippen LogP contribution is 2.36. The summed E-state index contributed by atoms with van der Waals surface area (Å²) in [6, 6.07) is 5.38. The Balaban J connectivity index is 2.17. The van der Waals surface area contributed by atoms with Crippen molar-refractivity contribution in [2.45, 2.75) is 0 Å². The molecule has 3 rings (SSSR count). The lowest BCUT2D eigenvalue weighted by atomic mass is 10.1. The Morgan fingerprint density at radius 2 is 1.95 bits per heavy atom. The van der Waals surface area contributed by atoms with Gasteiger partial charge in [0.15, 0.2) is 5.82 Å². The van der Waals surface area contributed by atoms with Crippen LogP contribution in [0.3, 0.4) is 0 Å². The van der Waals surface area contributed by atoms with E-state index in [0.29, 0.717) is 21.0 Å². The lowest BCUT2D eigenvalue weighted by molar-refractivity contribution is 0.584. The van der Waals surface area contributed by atoms with Crippen LogP contribution >= 0.6 is 43.5 Å². The van der Waals surface area contributed by atoms with E-state index in [4.69, 9.17) is 11.6 Å². The molecular weight excluding hydrogens is 443 g/mol. The maximum atomic E-state index is 14.1. The summed E-state index contributed by atoms with van der Waals surface area (Å²) < 4.78 is 29.4. The Labute approximate surface area is 146 Å². The summed E-state index contributed by atoms with van der Waals surface area (Å²) in [5.41, 5.74) is 0.651. The third kappa shape index (κ3) is 2.80. The lowest BCUT2D eigenvalue weighted by Crippen LogP contribution is -1.98. The topological polar surface area (TPSA) is 30.7 Å². The third-order valence-electron chi connectivity index (χ3n) is 2.90. The van der Waals surface area contributed by atoms with Crippen LogP contribution in [0.15, 0.2) is 45.7 Å². The zero-order valence-electron chi connectivity index (χ0n) is 10.7. The normalized spacial score (nSPS) is 11.0. The number of hydrogen-bond acceptors (Lipinski definition) is 2. The number of hydrogen-bond donors (Lipinski definition) is 0. The largest absolute Gasteiger partial charge is 0.236 e. The molecule has 0 aliphatic heterocycles. The predicted molar refractivity (Wildman–Crippen MR) is 87.1 cm³/mol. The zero-order chi connectivity index (χ0) is 15.9. The molecule has 0 N–H and O–H groups in total. The van der Waals surface area contributed by atoms with Gasteiger partial charge in [-0.05, 0) is 50.1 Å². The van der Waals surface area contributed by atoms with E-state index in [1.165, 1.54) is 10.7 Å². The van der Waals surface area contributed by atoms with Gasteiger partial charge in [-0.15, -0.1) is 0 Å². The summed E-state index contributed by atoms with van der Waals surface area (Å²) in [5.74, 6) is -0.946. The van der Waals surface area contributed by atoms with E-state index >= 15 is 0 Å². The Hall–Kier alpha value is -1.31. The molecule has 0 aliphatic rings. The van der Waals surface area contributed by atoms with Gasteiger partial charge in [-0.3, -0.25) is 0 Å². The van der Waals surface area contributed by atoms with Gasteiger partial charge in [-0.25, -0.2) is 18.4 Å². The maximum Gasteiger partial charge on any atom is 0.172 e. The van der Waals surface area contributed by atoms with Gasteiger partial charge in [0.05, 0.1) is 5.02 Å². The molecule has 0 saturated carbocycles. The van der Waals surface area contributed by atoms with Crippen molar-refractivity contribution in [1.29, 1.82) is 0 Å². The molecule has 0 aliphatic carbocycles. The van der Waals surface area contributed by atoms with Crippen LogP contribution in [0.5, 0.6) is 0 Å². The standard InChI is InChI=1S/C14H6Br2ClF2N3/c15-9-4-7(18)5-11(19)12(9)8-6-22(21-13(8)16)14-10(17)2-1-3-20-14/h1-6H. The molecule has 0 amide bonds. The van der Waals surface area contributed by atoms with Gasteiger partial charge in [-0.1, -0.05) is 11.6 Å². The number of pyridine rings is 1.